The summed E-state index contributed by atoms with van der Waals surface area (Å²) in [4.78, 5) is 25.5. The largest absolute Gasteiger partial charge is 0.452 e. The van der Waals surface area contributed by atoms with Crippen molar-refractivity contribution in [1.29, 1.82) is 0 Å². The van der Waals surface area contributed by atoms with Crippen molar-refractivity contribution >= 4 is 39.4 Å². The highest BCUT2D eigenvalue weighted by Gasteiger charge is 2.34. The van der Waals surface area contributed by atoms with Crippen molar-refractivity contribution in [3.8, 4) is 0 Å². The zero-order chi connectivity index (χ0) is 19.3. The standard InChI is InChI=1S/C18H22ClNO5S/c1-3-20(15-8-9-26(23,24)12-15)17(21)11-25-18(22)7-6-14-5-4-13(2)16(19)10-14/h4-7,10,15H,3,8-9,11-12H2,1-2H3/b7-6+/t15-/m0/s1. The molecule has 0 unspecified atom stereocenters. The number of aryl methyl sites for hydroxylation is 1. The number of esters is 1. The number of sulfone groups is 1. The summed E-state index contributed by atoms with van der Waals surface area (Å²) in [6.45, 7) is 3.60. The fourth-order valence-electron chi connectivity index (χ4n) is 2.80. The SMILES string of the molecule is CCN(C(=O)COC(=O)/C=C/c1ccc(C)c(Cl)c1)[C@H]1CCS(=O)(=O)C1. The Kier molecular flexibility index (Phi) is 6.83. The Balaban J connectivity index is 1.88. The Morgan fingerprint density at radius 1 is 1.38 bits per heavy atom. The minimum atomic E-state index is -3.08. The number of ether oxygens (including phenoxy) is 1. The second-order valence-corrected chi connectivity index (χ2v) is 8.82. The maximum absolute atomic E-state index is 12.2. The van der Waals surface area contributed by atoms with Crippen LogP contribution in [0.2, 0.25) is 5.02 Å². The highest BCUT2D eigenvalue weighted by molar-refractivity contribution is 7.91. The first-order valence-electron chi connectivity index (χ1n) is 8.32. The summed E-state index contributed by atoms with van der Waals surface area (Å²) >= 11 is 6.02. The molecule has 1 aromatic rings. The third-order valence-corrected chi connectivity index (χ3v) is 6.41. The highest BCUT2D eigenvalue weighted by atomic mass is 35.5. The number of hydrogen-bond donors (Lipinski definition) is 0. The molecule has 26 heavy (non-hydrogen) atoms. The smallest absolute Gasteiger partial charge is 0.331 e. The lowest BCUT2D eigenvalue weighted by Crippen LogP contribution is -2.43. The van der Waals surface area contributed by atoms with E-state index in [4.69, 9.17) is 16.3 Å². The number of carbonyl (C=O) groups is 2. The van der Waals surface area contributed by atoms with E-state index in [9.17, 15) is 18.0 Å². The molecule has 0 bridgehead atoms. The van der Waals surface area contributed by atoms with E-state index in [0.717, 1.165) is 11.1 Å². The lowest BCUT2D eigenvalue weighted by molar-refractivity contribution is -0.149. The number of likely N-dealkylation sites (N-methyl/N-ethyl adjacent to an activating group) is 1. The number of halogens is 1. The second-order valence-electron chi connectivity index (χ2n) is 6.19. The minimum absolute atomic E-state index is 0.0331. The van der Waals surface area contributed by atoms with Gasteiger partial charge in [-0.25, -0.2) is 13.2 Å². The van der Waals surface area contributed by atoms with Crippen LogP contribution < -0.4 is 0 Å². The van der Waals surface area contributed by atoms with Gasteiger partial charge in [0.25, 0.3) is 5.91 Å². The van der Waals surface area contributed by atoms with E-state index in [0.29, 0.717) is 18.0 Å². The molecular formula is C18H22ClNO5S. The normalized spacial score (nSPS) is 18.8. The molecule has 0 aliphatic carbocycles. The zero-order valence-corrected chi connectivity index (χ0v) is 16.3. The van der Waals surface area contributed by atoms with Crippen LogP contribution in [0.4, 0.5) is 0 Å². The van der Waals surface area contributed by atoms with E-state index < -0.39 is 28.3 Å². The van der Waals surface area contributed by atoms with E-state index in [1.807, 2.05) is 19.1 Å². The first kappa shape index (κ1) is 20.5. The molecule has 1 aromatic carbocycles. The van der Waals surface area contributed by atoms with Gasteiger partial charge in [0.2, 0.25) is 0 Å². The molecule has 1 saturated heterocycles. The van der Waals surface area contributed by atoms with Crippen LogP contribution in [0.15, 0.2) is 24.3 Å². The van der Waals surface area contributed by atoms with Crippen molar-refractivity contribution < 1.29 is 22.7 Å². The lowest BCUT2D eigenvalue weighted by Gasteiger charge is -2.26. The van der Waals surface area contributed by atoms with Crippen molar-refractivity contribution in [2.45, 2.75) is 26.3 Å². The molecule has 1 aliphatic rings. The van der Waals surface area contributed by atoms with Crippen molar-refractivity contribution in [3.63, 3.8) is 0 Å². The molecule has 1 aliphatic heterocycles. The number of benzene rings is 1. The molecule has 1 fully saturated rings. The third kappa shape index (κ3) is 5.57. The summed E-state index contributed by atoms with van der Waals surface area (Å²) in [6, 6.07) is 5.04. The van der Waals surface area contributed by atoms with Crippen LogP contribution in [0, 0.1) is 6.92 Å². The second kappa shape index (κ2) is 8.68. The molecule has 0 aromatic heterocycles. The molecule has 6 nitrogen and oxygen atoms in total. The number of amides is 1. The molecule has 8 heteroatoms. The lowest BCUT2D eigenvalue weighted by atomic mass is 10.1. The molecule has 1 atom stereocenters. The van der Waals surface area contributed by atoms with Gasteiger partial charge < -0.3 is 9.64 Å². The first-order valence-corrected chi connectivity index (χ1v) is 10.5. The van der Waals surface area contributed by atoms with Gasteiger partial charge in [0.1, 0.15) is 0 Å². The average molecular weight is 400 g/mol. The van der Waals surface area contributed by atoms with Crippen molar-refractivity contribution in [2.75, 3.05) is 24.7 Å². The van der Waals surface area contributed by atoms with E-state index in [2.05, 4.69) is 0 Å². The third-order valence-electron chi connectivity index (χ3n) is 4.26. The van der Waals surface area contributed by atoms with E-state index in [1.165, 1.54) is 11.0 Å². The Morgan fingerprint density at radius 2 is 2.12 bits per heavy atom. The monoisotopic (exact) mass is 399 g/mol. The summed E-state index contributed by atoms with van der Waals surface area (Å²) in [5.74, 6) is -0.989. The minimum Gasteiger partial charge on any atom is -0.452 e. The quantitative estimate of drug-likeness (QED) is 0.541. The van der Waals surface area contributed by atoms with E-state index in [1.54, 1.807) is 19.1 Å². The van der Waals surface area contributed by atoms with Gasteiger partial charge in [-0.15, -0.1) is 0 Å². The number of hydrogen-bond acceptors (Lipinski definition) is 5. The van der Waals surface area contributed by atoms with Crippen molar-refractivity contribution in [2.24, 2.45) is 0 Å². The van der Waals surface area contributed by atoms with Crippen LogP contribution in [0.5, 0.6) is 0 Å². The van der Waals surface area contributed by atoms with Crippen LogP contribution in [0.1, 0.15) is 24.5 Å². The molecule has 2 rings (SSSR count). The van der Waals surface area contributed by atoms with Gasteiger partial charge in [-0.05, 0) is 43.5 Å². The van der Waals surface area contributed by atoms with Crippen molar-refractivity contribution in [3.05, 3.63) is 40.4 Å². The van der Waals surface area contributed by atoms with Gasteiger partial charge in [0, 0.05) is 23.7 Å². The Labute approximate surface area is 158 Å². The van der Waals surface area contributed by atoms with Gasteiger partial charge in [-0.2, -0.15) is 0 Å². The van der Waals surface area contributed by atoms with Crippen LogP contribution in [-0.4, -0.2) is 55.9 Å². The fraction of sp³-hybridized carbons (Fsp3) is 0.444. The fourth-order valence-corrected chi connectivity index (χ4v) is 4.72. The first-order chi connectivity index (χ1) is 12.2. The Hall–Kier alpha value is -1.86. The van der Waals surface area contributed by atoms with E-state index in [-0.39, 0.29) is 17.5 Å². The summed E-state index contributed by atoms with van der Waals surface area (Å²) < 4.78 is 28.1. The van der Waals surface area contributed by atoms with Gasteiger partial charge in [0.05, 0.1) is 11.5 Å². The van der Waals surface area contributed by atoms with Gasteiger partial charge in [-0.1, -0.05) is 23.7 Å². The topological polar surface area (TPSA) is 80.8 Å². The van der Waals surface area contributed by atoms with Crippen molar-refractivity contribution in [1.82, 2.24) is 4.90 Å². The molecule has 0 saturated carbocycles. The van der Waals surface area contributed by atoms with Crippen LogP contribution >= 0.6 is 11.6 Å². The molecule has 1 heterocycles. The molecule has 0 N–H and O–H groups in total. The van der Waals surface area contributed by atoms with E-state index >= 15 is 0 Å². The number of nitrogens with zero attached hydrogens (tertiary/aromatic N) is 1. The van der Waals surface area contributed by atoms with Crippen LogP contribution in [0.3, 0.4) is 0 Å². The van der Waals surface area contributed by atoms with Gasteiger partial charge >= 0.3 is 5.97 Å². The summed E-state index contributed by atoms with van der Waals surface area (Å²) in [5.41, 5.74) is 1.68. The van der Waals surface area contributed by atoms with Crippen LogP contribution in [-0.2, 0) is 24.2 Å². The Morgan fingerprint density at radius 3 is 2.69 bits per heavy atom. The zero-order valence-electron chi connectivity index (χ0n) is 14.8. The predicted octanol–water partition coefficient (Wildman–Crippen LogP) is 2.24. The molecule has 1 amide bonds. The van der Waals surface area contributed by atoms with Gasteiger partial charge in [0.15, 0.2) is 16.4 Å². The maximum atomic E-state index is 12.2. The maximum Gasteiger partial charge on any atom is 0.331 e. The molecule has 0 spiro atoms. The summed E-state index contributed by atoms with van der Waals surface area (Å²) in [5, 5.41) is 0.598. The average Bonchev–Trinajstić information content (AvgIpc) is 2.94. The number of rotatable bonds is 6. The van der Waals surface area contributed by atoms with Crippen LogP contribution in [0.25, 0.3) is 6.08 Å². The summed E-state index contributed by atoms with van der Waals surface area (Å²) in [7, 11) is -3.08. The summed E-state index contributed by atoms with van der Waals surface area (Å²) in [6.07, 6.45) is 3.20. The predicted molar refractivity (Wildman–Crippen MR) is 101 cm³/mol. The highest BCUT2D eigenvalue weighted by Crippen LogP contribution is 2.18. The molecule has 0 radical (unpaired) electrons. The van der Waals surface area contributed by atoms with Gasteiger partial charge in [-0.3, -0.25) is 4.79 Å². The Bertz CT molecular complexity index is 819. The molecule has 142 valence electrons. The number of carbonyl (C=O) groups excluding carboxylic acids is 2. The molecular weight excluding hydrogens is 378 g/mol.